The molecule has 2 aromatic carbocycles. The van der Waals surface area contributed by atoms with E-state index in [1.165, 1.54) is 12.1 Å². The molecule has 2 atom stereocenters. The van der Waals surface area contributed by atoms with Gasteiger partial charge in [-0.1, -0.05) is 32.0 Å². The molecule has 3 N–H and O–H groups in total. The Morgan fingerprint density at radius 2 is 1.94 bits per heavy atom. The number of amides is 2. The maximum absolute atomic E-state index is 13.7. The Labute approximate surface area is 185 Å². The number of rotatable bonds is 7. The zero-order valence-electron chi connectivity index (χ0n) is 17.8. The lowest BCUT2D eigenvalue weighted by molar-refractivity contribution is -0.119. The molecule has 0 fully saturated rings. The number of hydrogen-bond donors (Lipinski definition) is 3. The third-order valence-electron chi connectivity index (χ3n) is 5.47. The van der Waals surface area contributed by atoms with Gasteiger partial charge < -0.3 is 21.0 Å². The van der Waals surface area contributed by atoms with Gasteiger partial charge in [-0.3, -0.25) is 9.59 Å². The second-order valence-corrected chi connectivity index (χ2v) is 8.11. The molecular weight excluding hydrogens is 409 g/mol. The van der Waals surface area contributed by atoms with Crippen LogP contribution in [0.25, 0.3) is 0 Å². The normalized spacial score (nSPS) is 18.5. The van der Waals surface area contributed by atoms with Crippen molar-refractivity contribution < 1.29 is 14.0 Å². The van der Waals surface area contributed by atoms with E-state index in [-0.39, 0.29) is 23.1 Å². The zero-order valence-corrected chi connectivity index (χ0v) is 17.8. The van der Waals surface area contributed by atoms with Crippen molar-refractivity contribution in [3.8, 4) is 6.07 Å². The van der Waals surface area contributed by atoms with Crippen LogP contribution in [0.3, 0.4) is 0 Å². The predicted octanol–water partition coefficient (Wildman–Crippen LogP) is 3.82. The van der Waals surface area contributed by atoms with Crippen LogP contribution in [0.2, 0.25) is 0 Å². The van der Waals surface area contributed by atoms with Gasteiger partial charge in [0.25, 0.3) is 5.91 Å². The van der Waals surface area contributed by atoms with E-state index in [0.717, 1.165) is 18.5 Å². The van der Waals surface area contributed by atoms with Crippen LogP contribution in [-0.4, -0.2) is 41.7 Å². The molecule has 2 amide bonds. The van der Waals surface area contributed by atoms with E-state index in [9.17, 15) is 14.0 Å². The molecule has 0 spiro atoms. The van der Waals surface area contributed by atoms with Crippen LogP contribution in [0.4, 0.5) is 10.1 Å². The second-order valence-electron chi connectivity index (χ2n) is 8.11. The maximum Gasteiger partial charge on any atom is 0.254 e. The minimum Gasteiger partial charge on any atom is -0.333 e. The van der Waals surface area contributed by atoms with E-state index in [1.54, 1.807) is 35.2 Å². The number of nitrogens with zero attached hydrogens (tertiary/aromatic N) is 2. The SMILES string of the molecule is CC(C)CN1C(=O)c2ccccc2C(C(=O)Nc2ccc(F)c(C#N)c2)C1C(C=N)C=N. The number of nitrogens with one attached hydrogen (secondary N) is 3. The molecule has 0 aliphatic carbocycles. The first-order valence-electron chi connectivity index (χ1n) is 10.2. The third kappa shape index (κ3) is 4.28. The molecule has 1 aliphatic heterocycles. The number of anilines is 1. The highest BCUT2D eigenvalue weighted by atomic mass is 19.1. The Hall–Kier alpha value is -3.86. The fourth-order valence-electron chi connectivity index (χ4n) is 4.10. The molecule has 0 bridgehead atoms. The van der Waals surface area contributed by atoms with Crippen LogP contribution in [-0.2, 0) is 4.79 Å². The summed E-state index contributed by atoms with van der Waals surface area (Å²) in [6, 6.07) is 11.5. The van der Waals surface area contributed by atoms with Crippen LogP contribution in [0, 0.1) is 39.8 Å². The average Bonchev–Trinajstić information content (AvgIpc) is 2.78. The number of fused-ring (bicyclic) bond motifs is 1. The van der Waals surface area contributed by atoms with Gasteiger partial charge in [0.1, 0.15) is 11.9 Å². The maximum atomic E-state index is 13.7. The molecule has 7 nitrogen and oxygen atoms in total. The second kappa shape index (κ2) is 9.52. The van der Waals surface area contributed by atoms with Gasteiger partial charge >= 0.3 is 0 Å². The van der Waals surface area contributed by atoms with Gasteiger partial charge in [-0.25, -0.2) is 4.39 Å². The molecule has 164 valence electrons. The summed E-state index contributed by atoms with van der Waals surface area (Å²) in [6.07, 6.45) is 2.14. The Morgan fingerprint density at radius 3 is 2.56 bits per heavy atom. The van der Waals surface area contributed by atoms with E-state index in [1.807, 2.05) is 13.8 Å². The highest BCUT2D eigenvalue weighted by molar-refractivity contribution is 6.05. The van der Waals surface area contributed by atoms with Crippen LogP contribution in [0.5, 0.6) is 0 Å². The summed E-state index contributed by atoms with van der Waals surface area (Å²) in [5.41, 5.74) is 0.959. The minimum absolute atomic E-state index is 0.0998. The molecule has 1 aliphatic rings. The van der Waals surface area contributed by atoms with Crippen molar-refractivity contribution in [2.75, 3.05) is 11.9 Å². The van der Waals surface area contributed by atoms with Gasteiger partial charge in [0.2, 0.25) is 5.91 Å². The number of halogens is 1. The number of benzene rings is 2. The van der Waals surface area contributed by atoms with E-state index in [0.29, 0.717) is 17.7 Å². The summed E-state index contributed by atoms with van der Waals surface area (Å²) in [5, 5.41) is 27.5. The zero-order chi connectivity index (χ0) is 23.4. The lowest BCUT2D eigenvalue weighted by Gasteiger charge is -2.44. The van der Waals surface area contributed by atoms with E-state index >= 15 is 0 Å². The summed E-state index contributed by atoms with van der Waals surface area (Å²) in [6.45, 7) is 4.26. The molecule has 3 rings (SSSR count). The largest absolute Gasteiger partial charge is 0.333 e. The van der Waals surface area contributed by atoms with Gasteiger partial charge in [0.15, 0.2) is 0 Å². The Balaban J connectivity index is 2.11. The van der Waals surface area contributed by atoms with Gasteiger partial charge in [0.05, 0.1) is 17.5 Å². The van der Waals surface area contributed by atoms with Crippen LogP contribution in [0.15, 0.2) is 42.5 Å². The smallest absolute Gasteiger partial charge is 0.254 e. The van der Waals surface area contributed by atoms with E-state index in [4.69, 9.17) is 16.1 Å². The number of hydrogen-bond acceptors (Lipinski definition) is 5. The molecule has 1 heterocycles. The van der Waals surface area contributed by atoms with Crippen molar-refractivity contribution in [3.63, 3.8) is 0 Å². The van der Waals surface area contributed by atoms with Crippen molar-refractivity contribution in [1.29, 1.82) is 16.1 Å². The van der Waals surface area contributed by atoms with Gasteiger partial charge in [-0.05, 0) is 35.7 Å². The van der Waals surface area contributed by atoms with E-state index in [2.05, 4.69) is 5.32 Å². The lowest BCUT2D eigenvalue weighted by atomic mass is 9.76. The van der Waals surface area contributed by atoms with Crippen LogP contribution >= 0.6 is 0 Å². The minimum atomic E-state index is -0.869. The fraction of sp³-hybridized carbons (Fsp3) is 0.292. The summed E-state index contributed by atoms with van der Waals surface area (Å²) in [4.78, 5) is 28.4. The van der Waals surface area contributed by atoms with Gasteiger partial charge in [-0.15, -0.1) is 0 Å². The van der Waals surface area contributed by atoms with Crippen molar-refractivity contribution in [2.45, 2.75) is 25.8 Å². The number of carbonyl (C=O) groups is 2. The summed E-state index contributed by atoms with van der Waals surface area (Å²) in [5.74, 6) is -2.94. The van der Waals surface area contributed by atoms with Crippen LogP contribution in [0.1, 0.15) is 41.3 Å². The lowest BCUT2D eigenvalue weighted by Crippen LogP contribution is -2.56. The standard InChI is InChI=1S/C24H24FN5O2/c1-14(2)13-30-22(16(11-27)12-28)21(18-5-3-4-6-19(18)24(30)32)23(31)29-17-7-8-20(25)15(9-17)10-26/h3-9,11-12,14,16,21-22,27-28H,13H2,1-2H3,(H,29,31). The van der Waals surface area contributed by atoms with Crippen molar-refractivity contribution in [3.05, 3.63) is 65.0 Å². The highest BCUT2D eigenvalue weighted by Gasteiger charge is 2.46. The molecule has 32 heavy (non-hydrogen) atoms. The highest BCUT2D eigenvalue weighted by Crippen LogP contribution is 2.37. The molecule has 0 saturated carbocycles. The summed E-state index contributed by atoms with van der Waals surface area (Å²) in [7, 11) is 0. The Kier molecular flexibility index (Phi) is 6.79. The average molecular weight is 433 g/mol. The summed E-state index contributed by atoms with van der Waals surface area (Å²) < 4.78 is 13.7. The first kappa shape index (κ1) is 22.8. The van der Waals surface area contributed by atoms with Gasteiger partial charge in [0, 0.05) is 36.1 Å². The summed E-state index contributed by atoms with van der Waals surface area (Å²) >= 11 is 0. The quantitative estimate of drug-likeness (QED) is 0.576. The molecular formula is C24H24FN5O2. The Morgan fingerprint density at radius 1 is 1.25 bits per heavy atom. The molecule has 0 saturated heterocycles. The van der Waals surface area contributed by atoms with Crippen molar-refractivity contribution in [2.24, 2.45) is 11.8 Å². The monoisotopic (exact) mass is 433 g/mol. The molecule has 8 heteroatoms. The predicted molar refractivity (Wildman–Crippen MR) is 120 cm³/mol. The van der Waals surface area contributed by atoms with Crippen molar-refractivity contribution in [1.82, 2.24) is 4.90 Å². The number of carbonyl (C=O) groups excluding carboxylic acids is 2. The third-order valence-corrected chi connectivity index (χ3v) is 5.47. The first-order chi connectivity index (χ1) is 15.3. The Bertz CT molecular complexity index is 1100. The van der Waals surface area contributed by atoms with Crippen LogP contribution < -0.4 is 5.32 Å². The fourth-order valence-corrected chi connectivity index (χ4v) is 4.10. The molecule has 0 aromatic heterocycles. The van der Waals surface area contributed by atoms with Gasteiger partial charge in [-0.2, -0.15) is 5.26 Å². The molecule has 0 radical (unpaired) electrons. The molecule has 2 aromatic rings. The number of nitriles is 1. The topological polar surface area (TPSA) is 121 Å². The molecule has 2 unspecified atom stereocenters. The van der Waals surface area contributed by atoms with E-state index < -0.39 is 29.6 Å². The first-order valence-corrected chi connectivity index (χ1v) is 10.2. The van der Waals surface area contributed by atoms with Crippen molar-refractivity contribution >= 4 is 29.9 Å².